The van der Waals surface area contributed by atoms with Crippen LogP contribution < -0.4 is 16.2 Å². The number of rotatable bonds is 4. The van der Waals surface area contributed by atoms with E-state index in [1.807, 2.05) is 0 Å². The fraction of sp³-hybridized carbons (Fsp3) is 0.571. The first-order valence-electron chi connectivity index (χ1n) is 6.75. The van der Waals surface area contributed by atoms with Gasteiger partial charge in [-0.15, -0.1) is 0 Å². The molecule has 0 saturated carbocycles. The minimum absolute atomic E-state index is 0.0421. The molecule has 2 N–H and O–H groups in total. The van der Waals surface area contributed by atoms with Crippen molar-refractivity contribution in [1.29, 1.82) is 0 Å². The second kappa shape index (κ2) is 6.19. The highest BCUT2D eigenvalue weighted by Gasteiger charge is 2.39. The van der Waals surface area contributed by atoms with Gasteiger partial charge >= 0.3 is 0 Å². The number of pyridine rings is 1. The van der Waals surface area contributed by atoms with Gasteiger partial charge in [0.1, 0.15) is 0 Å². The SMILES string of the molecule is COCC1(C(=O)Nc2ccc(=O)n(C)c2)CCNCC1. The molecule has 20 heavy (non-hydrogen) atoms. The molecule has 1 fully saturated rings. The largest absolute Gasteiger partial charge is 0.384 e. The summed E-state index contributed by atoms with van der Waals surface area (Å²) >= 11 is 0. The third-order valence-electron chi connectivity index (χ3n) is 3.81. The lowest BCUT2D eigenvalue weighted by Gasteiger charge is -2.35. The van der Waals surface area contributed by atoms with Gasteiger partial charge in [-0.2, -0.15) is 0 Å². The molecule has 1 aliphatic rings. The summed E-state index contributed by atoms with van der Waals surface area (Å²) in [5.41, 5.74) is 0.0388. The summed E-state index contributed by atoms with van der Waals surface area (Å²) in [5, 5.41) is 6.15. The van der Waals surface area contributed by atoms with Crippen LogP contribution in [0.25, 0.3) is 0 Å². The fourth-order valence-electron chi connectivity index (χ4n) is 2.55. The van der Waals surface area contributed by atoms with Crippen molar-refractivity contribution in [2.75, 3.05) is 32.1 Å². The van der Waals surface area contributed by atoms with E-state index in [9.17, 15) is 9.59 Å². The monoisotopic (exact) mass is 279 g/mol. The number of anilines is 1. The molecular weight excluding hydrogens is 258 g/mol. The number of nitrogens with zero attached hydrogens (tertiary/aromatic N) is 1. The number of amides is 1. The maximum Gasteiger partial charge on any atom is 0.250 e. The van der Waals surface area contributed by atoms with Crippen LogP contribution in [0.2, 0.25) is 0 Å². The maximum absolute atomic E-state index is 12.6. The zero-order chi connectivity index (χ0) is 14.6. The van der Waals surface area contributed by atoms with Crippen LogP contribution in [0.4, 0.5) is 5.69 Å². The zero-order valence-electron chi connectivity index (χ0n) is 11.9. The van der Waals surface area contributed by atoms with Crippen molar-refractivity contribution in [3.8, 4) is 0 Å². The maximum atomic E-state index is 12.6. The minimum Gasteiger partial charge on any atom is -0.384 e. The van der Waals surface area contributed by atoms with Gasteiger partial charge in [0.05, 0.1) is 17.7 Å². The molecule has 0 atom stereocenters. The predicted molar refractivity (Wildman–Crippen MR) is 76.7 cm³/mol. The number of hydrogen-bond donors (Lipinski definition) is 2. The average Bonchev–Trinajstić information content (AvgIpc) is 2.44. The molecule has 1 aromatic heterocycles. The Labute approximate surface area is 118 Å². The number of aromatic nitrogens is 1. The van der Waals surface area contributed by atoms with Crippen molar-refractivity contribution >= 4 is 11.6 Å². The molecule has 2 rings (SSSR count). The number of aryl methyl sites for hydroxylation is 1. The van der Waals surface area contributed by atoms with Gasteiger partial charge in [-0.3, -0.25) is 9.59 Å². The quantitative estimate of drug-likeness (QED) is 0.833. The molecule has 0 aromatic carbocycles. The lowest BCUT2D eigenvalue weighted by Crippen LogP contribution is -2.47. The Kier molecular flexibility index (Phi) is 4.57. The average molecular weight is 279 g/mol. The molecule has 1 aromatic rings. The summed E-state index contributed by atoms with van der Waals surface area (Å²) in [6.07, 6.45) is 3.12. The van der Waals surface area contributed by atoms with E-state index < -0.39 is 5.41 Å². The van der Waals surface area contributed by atoms with Crippen LogP contribution in [0.3, 0.4) is 0 Å². The molecule has 6 heteroatoms. The summed E-state index contributed by atoms with van der Waals surface area (Å²) in [6.45, 7) is 2.03. The van der Waals surface area contributed by atoms with Crippen molar-refractivity contribution in [1.82, 2.24) is 9.88 Å². The fourth-order valence-corrected chi connectivity index (χ4v) is 2.55. The van der Waals surface area contributed by atoms with Crippen LogP contribution in [-0.4, -0.2) is 37.3 Å². The molecule has 0 radical (unpaired) electrons. The van der Waals surface area contributed by atoms with Crippen LogP contribution in [0.1, 0.15) is 12.8 Å². The Morgan fingerprint density at radius 3 is 2.75 bits per heavy atom. The van der Waals surface area contributed by atoms with E-state index in [-0.39, 0.29) is 11.5 Å². The van der Waals surface area contributed by atoms with Crippen molar-refractivity contribution in [3.63, 3.8) is 0 Å². The van der Waals surface area contributed by atoms with Gasteiger partial charge in [0.25, 0.3) is 0 Å². The first-order chi connectivity index (χ1) is 9.57. The van der Waals surface area contributed by atoms with Crippen molar-refractivity contribution in [2.24, 2.45) is 12.5 Å². The number of nitrogens with one attached hydrogen (secondary N) is 2. The number of carbonyl (C=O) groups excluding carboxylic acids is 1. The zero-order valence-corrected chi connectivity index (χ0v) is 11.9. The van der Waals surface area contributed by atoms with Crippen LogP contribution in [-0.2, 0) is 16.6 Å². The molecule has 1 amide bonds. The molecule has 0 spiro atoms. The second-order valence-corrected chi connectivity index (χ2v) is 5.28. The Morgan fingerprint density at radius 1 is 1.45 bits per heavy atom. The molecule has 0 aliphatic carbocycles. The predicted octanol–water partition coefficient (Wildman–Crippen LogP) is 0.340. The van der Waals surface area contributed by atoms with E-state index in [2.05, 4.69) is 10.6 Å². The van der Waals surface area contributed by atoms with Crippen molar-refractivity contribution < 1.29 is 9.53 Å². The third-order valence-corrected chi connectivity index (χ3v) is 3.81. The molecule has 2 heterocycles. The first kappa shape index (κ1) is 14.7. The number of ether oxygens (including phenoxy) is 1. The number of carbonyl (C=O) groups is 1. The lowest BCUT2D eigenvalue weighted by atomic mass is 9.78. The van der Waals surface area contributed by atoms with E-state index in [1.165, 1.54) is 10.6 Å². The van der Waals surface area contributed by atoms with Crippen molar-refractivity contribution in [3.05, 3.63) is 28.7 Å². The van der Waals surface area contributed by atoms with Crippen LogP contribution >= 0.6 is 0 Å². The standard InChI is InChI=1S/C14H21N3O3/c1-17-9-11(3-4-12(17)18)16-13(19)14(10-20-2)5-7-15-8-6-14/h3-4,9,15H,5-8,10H2,1-2H3,(H,16,19). The van der Waals surface area contributed by atoms with Gasteiger partial charge in [-0.05, 0) is 32.0 Å². The highest BCUT2D eigenvalue weighted by Crippen LogP contribution is 2.30. The highest BCUT2D eigenvalue weighted by atomic mass is 16.5. The smallest absolute Gasteiger partial charge is 0.250 e. The summed E-state index contributed by atoms with van der Waals surface area (Å²) in [5.74, 6) is -0.0421. The Balaban J connectivity index is 2.15. The first-order valence-corrected chi connectivity index (χ1v) is 6.75. The number of piperidine rings is 1. The highest BCUT2D eigenvalue weighted by molar-refractivity contribution is 5.95. The normalized spacial score (nSPS) is 17.7. The van der Waals surface area contributed by atoms with Crippen molar-refractivity contribution in [2.45, 2.75) is 12.8 Å². The van der Waals surface area contributed by atoms with Crippen LogP contribution in [0, 0.1) is 5.41 Å². The summed E-state index contributed by atoms with van der Waals surface area (Å²) in [6, 6.07) is 3.07. The molecule has 1 saturated heterocycles. The summed E-state index contributed by atoms with van der Waals surface area (Å²) in [4.78, 5) is 23.9. The van der Waals surface area contributed by atoms with Crippen LogP contribution in [0.5, 0.6) is 0 Å². The molecule has 1 aliphatic heterocycles. The molecular formula is C14H21N3O3. The third kappa shape index (κ3) is 3.08. The Bertz CT molecular complexity index is 527. The summed E-state index contributed by atoms with van der Waals surface area (Å²) < 4.78 is 6.69. The summed E-state index contributed by atoms with van der Waals surface area (Å²) in [7, 11) is 3.27. The van der Waals surface area contributed by atoms with E-state index in [0.29, 0.717) is 12.3 Å². The van der Waals surface area contributed by atoms with Gasteiger partial charge < -0.3 is 19.9 Å². The molecule has 0 unspecified atom stereocenters. The topological polar surface area (TPSA) is 72.4 Å². The number of hydrogen-bond acceptors (Lipinski definition) is 4. The van der Waals surface area contributed by atoms with Crippen LogP contribution in [0.15, 0.2) is 23.1 Å². The van der Waals surface area contributed by atoms with E-state index in [1.54, 1.807) is 26.4 Å². The minimum atomic E-state index is -0.491. The molecule has 0 bridgehead atoms. The van der Waals surface area contributed by atoms with E-state index in [0.717, 1.165) is 25.9 Å². The van der Waals surface area contributed by atoms with E-state index >= 15 is 0 Å². The number of methoxy groups -OCH3 is 1. The van der Waals surface area contributed by atoms with Gasteiger partial charge in [0.2, 0.25) is 11.5 Å². The lowest BCUT2D eigenvalue weighted by molar-refractivity contribution is -0.130. The van der Waals surface area contributed by atoms with Gasteiger partial charge in [0, 0.05) is 26.4 Å². The van der Waals surface area contributed by atoms with Gasteiger partial charge in [-0.25, -0.2) is 0 Å². The van der Waals surface area contributed by atoms with Gasteiger partial charge in [-0.1, -0.05) is 0 Å². The second-order valence-electron chi connectivity index (χ2n) is 5.28. The van der Waals surface area contributed by atoms with Gasteiger partial charge in [0.15, 0.2) is 0 Å². The molecule has 110 valence electrons. The Hall–Kier alpha value is -1.66. The Morgan fingerprint density at radius 2 is 2.15 bits per heavy atom. The molecule has 6 nitrogen and oxygen atoms in total. The van der Waals surface area contributed by atoms with E-state index in [4.69, 9.17) is 4.74 Å².